The summed E-state index contributed by atoms with van der Waals surface area (Å²) < 4.78 is 0. The van der Waals surface area contributed by atoms with E-state index in [-0.39, 0.29) is 24.3 Å². The molecular weight excluding hydrogens is 504 g/mol. The number of hydrogen-bond donors (Lipinski definition) is 4. The number of nitrogens with zero attached hydrogens (tertiary/aromatic N) is 1. The van der Waals surface area contributed by atoms with Gasteiger partial charge in [-0.25, -0.2) is 0 Å². The second-order valence-electron chi connectivity index (χ2n) is 12.1. The molecule has 1 heterocycles. The van der Waals surface area contributed by atoms with Gasteiger partial charge in [-0.05, 0) is 41.6 Å². The summed E-state index contributed by atoms with van der Waals surface area (Å²) in [4.78, 5) is 41.5. The number of rotatable bonds is 13. The molecule has 3 amide bonds. The number of benzene rings is 2. The van der Waals surface area contributed by atoms with E-state index in [2.05, 4.69) is 29.8 Å². The van der Waals surface area contributed by atoms with E-state index in [0.29, 0.717) is 31.8 Å². The van der Waals surface area contributed by atoms with Crippen LogP contribution in [0, 0.1) is 11.3 Å². The summed E-state index contributed by atoms with van der Waals surface area (Å²) in [7, 11) is 0. The molecule has 1 saturated heterocycles. The van der Waals surface area contributed by atoms with E-state index >= 15 is 0 Å². The molecule has 2 unspecified atom stereocenters. The molecule has 1 aliphatic rings. The molecule has 0 aliphatic carbocycles. The molecule has 4 N–H and O–H groups in total. The van der Waals surface area contributed by atoms with Gasteiger partial charge in [0.05, 0.1) is 6.10 Å². The Morgan fingerprint density at radius 3 is 2.38 bits per heavy atom. The maximum absolute atomic E-state index is 13.5. The zero-order valence-electron chi connectivity index (χ0n) is 24.8. The zero-order chi connectivity index (χ0) is 29.3. The quantitative estimate of drug-likeness (QED) is 0.304. The Morgan fingerprint density at radius 1 is 1.00 bits per heavy atom. The Labute approximate surface area is 239 Å². The first kappa shape index (κ1) is 31.6. The molecular formula is C32H48N4O4. The molecule has 40 heavy (non-hydrogen) atoms. The van der Waals surface area contributed by atoms with Gasteiger partial charge in [0, 0.05) is 31.5 Å². The van der Waals surface area contributed by atoms with Crippen molar-refractivity contribution >= 4 is 28.5 Å². The monoisotopic (exact) mass is 552 g/mol. The van der Waals surface area contributed by atoms with Crippen molar-refractivity contribution < 1.29 is 19.5 Å². The third-order valence-electron chi connectivity index (χ3n) is 7.82. The van der Waals surface area contributed by atoms with Gasteiger partial charge in [-0.15, -0.1) is 0 Å². The van der Waals surface area contributed by atoms with Crippen molar-refractivity contribution in [1.29, 1.82) is 0 Å². The van der Waals surface area contributed by atoms with Crippen molar-refractivity contribution in [3.63, 3.8) is 0 Å². The highest BCUT2D eigenvalue weighted by Crippen LogP contribution is 2.26. The summed E-state index contributed by atoms with van der Waals surface area (Å²) in [5, 5.41) is 21.7. The molecule has 3 atom stereocenters. The van der Waals surface area contributed by atoms with Crippen LogP contribution in [-0.2, 0) is 20.8 Å². The van der Waals surface area contributed by atoms with E-state index < -0.39 is 23.6 Å². The van der Waals surface area contributed by atoms with E-state index in [4.69, 9.17) is 0 Å². The van der Waals surface area contributed by atoms with Crippen LogP contribution in [0.3, 0.4) is 0 Å². The lowest BCUT2D eigenvalue weighted by Gasteiger charge is -2.31. The van der Waals surface area contributed by atoms with Gasteiger partial charge in [0.1, 0.15) is 12.1 Å². The molecule has 0 spiro atoms. The number of hydrogen-bond acceptors (Lipinski definition) is 5. The van der Waals surface area contributed by atoms with Crippen molar-refractivity contribution in [2.45, 2.75) is 84.9 Å². The Balaban J connectivity index is 1.70. The first-order valence-corrected chi connectivity index (χ1v) is 14.8. The Kier molecular flexibility index (Phi) is 11.5. The number of amides is 3. The van der Waals surface area contributed by atoms with E-state index in [1.165, 1.54) is 0 Å². The Morgan fingerprint density at radius 2 is 1.70 bits per heavy atom. The minimum atomic E-state index is -0.842. The average molecular weight is 553 g/mol. The van der Waals surface area contributed by atoms with Crippen LogP contribution in [0.2, 0.25) is 0 Å². The van der Waals surface area contributed by atoms with Crippen LogP contribution in [-0.4, -0.2) is 72.1 Å². The van der Waals surface area contributed by atoms with Crippen molar-refractivity contribution in [3.8, 4) is 0 Å². The summed E-state index contributed by atoms with van der Waals surface area (Å²) in [6.07, 6.45) is 3.02. The molecule has 220 valence electrons. The van der Waals surface area contributed by atoms with Crippen molar-refractivity contribution in [2.24, 2.45) is 11.3 Å². The zero-order valence-corrected chi connectivity index (χ0v) is 24.8. The maximum Gasteiger partial charge on any atom is 0.243 e. The van der Waals surface area contributed by atoms with Gasteiger partial charge < -0.3 is 26.0 Å². The van der Waals surface area contributed by atoms with Gasteiger partial charge in [0.15, 0.2) is 0 Å². The SMILES string of the molecule is CCC(CC)CNCC(O)CNC(=O)[C@@H](Cc1ccc2ccccc2c1)NC(=O)C1CCCN1C(=O)C(C)(C)C. The van der Waals surface area contributed by atoms with Crippen molar-refractivity contribution in [3.05, 3.63) is 48.0 Å². The summed E-state index contributed by atoms with van der Waals surface area (Å²) in [6, 6.07) is 12.6. The van der Waals surface area contributed by atoms with Crippen LogP contribution in [0.4, 0.5) is 0 Å². The average Bonchev–Trinajstić information content (AvgIpc) is 3.42. The molecule has 2 aromatic rings. The fourth-order valence-electron chi connectivity index (χ4n) is 5.24. The van der Waals surface area contributed by atoms with Crippen LogP contribution in [0.15, 0.2) is 42.5 Å². The Bertz CT molecular complexity index is 1140. The summed E-state index contributed by atoms with van der Waals surface area (Å²) in [5.41, 5.74) is 0.323. The first-order chi connectivity index (χ1) is 19.0. The number of aliphatic hydroxyl groups excluding tert-OH is 1. The first-order valence-electron chi connectivity index (χ1n) is 14.8. The lowest BCUT2D eigenvalue weighted by Crippen LogP contribution is -2.55. The predicted molar refractivity (Wildman–Crippen MR) is 160 cm³/mol. The highest BCUT2D eigenvalue weighted by Gasteiger charge is 2.39. The van der Waals surface area contributed by atoms with Crippen LogP contribution >= 0.6 is 0 Å². The molecule has 1 aliphatic heterocycles. The van der Waals surface area contributed by atoms with E-state index in [9.17, 15) is 19.5 Å². The molecule has 3 rings (SSSR count). The summed E-state index contributed by atoms with van der Waals surface area (Å²) in [6.45, 7) is 11.7. The van der Waals surface area contributed by atoms with Gasteiger partial charge >= 0.3 is 0 Å². The number of nitrogens with one attached hydrogen (secondary N) is 3. The van der Waals surface area contributed by atoms with Gasteiger partial charge in [0.25, 0.3) is 0 Å². The van der Waals surface area contributed by atoms with Crippen molar-refractivity contribution in [1.82, 2.24) is 20.9 Å². The van der Waals surface area contributed by atoms with Gasteiger partial charge in [-0.1, -0.05) is 89.9 Å². The highest BCUT2D eigenvalue weighted by molar-refractivity contribution is 5.93. The molecule has 0 saturated carbocycles. The van der Waals surface area contributed by atoms with Crippen LogP contribution in [0.5, 0.6) is 0 Å². The second kappa shape index (κ2) is 14.6. The van der Waals surface area contributed by atoms with Gasteiger partial charge in [0.2, 0.25) is 17.7 Å². The number of carbonyl (C=O) groups is 3. The van der Waals surface area contributed by atoms with Crippen molar-refractivity contribution in [2.75, 3.05) is 26.2 Å². The van der Waals surface area contributed by atoms with Crippen LogP contribution in [0.1, 0.15) is 65.9 Å². The van der Waals surface area contributed by atoms with Gasteiger partial charge in [-0.2, -0.15) is 0 Å². The summed E-state index contributed by atoms with van der Waals surface area (Å²) in [5.74, 6) is -0.177. The predicted octanol–water partition coefficient (Wildman–Crippen LogP) is 3.41. The van der Waals surface area contributed by atoms with Crippen LogP contribution in [0.25, 0.3) is 10.8 Å². The van der Waals surface area contributed by atoms with E-state index in [1.54, 1.807) is 4.90 Å². The molecule has 8 nitrogen and oxygen atoms in total. The minimum Gasteiger partial charge on any atom is -0.390 e. The van der Waals surface area contributed by atoms with E-state index in [1.807, 2.05) is 63.2 Å². The standard InChI is InChI=1S/C32H48N4O4/c1-6-22(7-2)19-33-20-26(37)21-34-29(38)27(18-23-14-15-24-11-8-9-12-25(24)17-23)35-30(39)28-13-10-16-36(28)31(40)32(3,4)5/h8-9,11-12,14-15,17,22,26-28,33,37H,6-7,10,13,16,18-21H2,1-5H3,(H,34,38)(H,35,39)/t26?,27-,28?/m1/s1. The third-order valence-corrected chi connectivity index (χ3v) is 7.82. The van der Waals surface area contributed by atoms with Crippen LogP contribution < -0.4 is 16.0 Å². The lowest BCUT2D eigenvalue weighted by atomic mass is 9.94. The second-order valence-corrected chi connectivity index (χ2v) is 12.1. The van der Waals surface area contributed by atoms with Gasteiger partial charge in [-0.3, -0.25) is 14.4 Å². The fourth-order valence-corrected chi connectivity index (χ4v) is 5.24. The molecule has 8 heteroatoms. The topological polar surface area (TPSA) is 111 Å². The molecule has 0 aromatic heterocycles. The fraction of sp³-hybridized carbons (Fsp3) is 0.594. The third kappa shape index (κ3) is 8.77. The normalized spacial score (nSPS) is 17.2. The largest absolute Gasteiger partial charge is 0.390 e. The minimum absolute atomic E-state index is 0.0651. The number of carbonyl (C=O) groups excluding carboxylic acids is 3. The number of fused-ring (bicyclic) bond motifs is 1. The molecule has 2 aromatic carbocycles. The molecule has 0 bridgehead atoms. The summed E-state index contributed by atoms with van der Waals surface area (Å²) >= 11 is 0. The Hall–Kier alpha value is -2.97. The maximum atomic E-state index is 13.5. The lowest BCUT2D eigenvalue weighted by molar-refractivity contribution is -0.145. The number of aliphatic hydroxyl groups is 1. The highest BCUT2D eigenvalue weighted by atomic mass is 16.3. The smallest absolute Gasteiger partial charge is 0.243 e. The van der Waals surface area contributed by atoms with E-state index in [0.717, 1.165) is 42.1 Å². The molecule has 0 radical (unpaired) electrons. The number of likely N-dealkylation sites (tertiary alicyclic amines) is 1. The molecule has 1 fully saturated rings.